The molecule has 4 nitrogen and oxygen atoms in total. The van der Waals surface area contributed by atoms with E-state index < -0.39 is 0 Å². The van der Waals surface area contributed by atoms with Gasteiger partial charge in [-0.25, -0.2) is 4.98 Å². The number of rotatable bonds is 5. The van der Waals surface area contributed by atoms with Crippen molar-refractivity contribution in [3.63, 3.8) is 0 Å². The molecule has 0 spiro atoms. The molecule has 3 aromatic rings. The van der Waals surface area contributed by atoms with Crippen molar-refractivity contribution in [2.24, 2.45) is 0 Å². The smallest absolute Gasteiger partial charge is 0.270 e. The molecule has 25 heavy (non-hydrogen) atoms. The minimum absolute atomic E-state index is 0.0754. The van der Waals surface area contributed by atoms with Crippen LogP contribution >= 0.6 is 15.9 Å². The zero-order valence-corrected chi connectivity index (χ0v) is 15.3. The molecular formula is C20H18BrN3O. The van der Waals surface area contributed by atoms with Crippen molar-refractivity contribution in [1.29, 1.82) is 0 Å². The number of anilines is 2. The third-order valence-electron chi connectivity index (χ3n) is 3.80. The number of carbonyl (C=O) groups excluding carboxylic acids is 1. The molecule has 0 fully saturated rings. The number of para-hydroxylation sites is 1. The fourth-order valence-corrected chi connectivity index (χ4v) is 2.80. The molecule has 2 N–H and O–H groups in total. The molecule has 2 aromatic carbocycles. The van der Waals surface area contributed by atoms with Gasteiger partial charge in [0.25, 0.3) is 5.91 Å². The Morgan fingerprint density at radius 1 is 1.00 bits per heavy atom. The Morgan fingerprint density at radius 2 is 1.72 bits per heavy atom. The lowest BCUT2D eigenvalue weighted by molar-refractivity contribution is 0.0935. The molecule has 0 aliphatic rings. The second kappa shape index (κ2) is 7.94. The quantitative estimate of drug-likeness (QED) is 0.633. The van der Waals surface area contributed by atoms with Gasteiger partial charge in [0.2, 0.25) is 0 Å². The van der Waals surface area contributed by atoms with Crippen molar-refractivity contribution < 1.29 is 4.79 Å². The Bertz CT molecular complexity index is 850. The van der Waals surface area contributed by atoms with Crippen molar-refractivity contribution in [3.8, 4) is 0 Å². The van der Waals surface area contributed by atoms with E-state index >= 15 is 0 Å². The van der Waals surface area contributed by atoms with Gasteiger partial charge in [0.15, 0.2) is 0 Å². The molecular weight excluding hydrogens is 378 g/mol. The Morgan fingerprint density at radius 3 is 2.40 bits per heavy atom. The Labute approximate surface area is 155 Å². The van der Waals surface area contributed by atoms with Crippen molar-refractivity contribution in [1.82, 2.24) is 10.3 Å². The predicted molar refractivity (Wildman–Crippen MR) is 104 cm³/mol. The van der Waals surface area contributed by atoms with E-state index in [2.05, 4.69) is 31.5 Å². The van der Waals surface area contributed by atoms with E-state index in [-0.39, 0.29) is 11.9 Å². The van der Waals surface area contributed by atoms with Crippen molar-refractivity contribution in [2.45, 2.75) is 13.0 Å². The number of benzene rings is 2. The normalized spacial score (nSPS) is 11.6. The van der Waals surface area contributed by atoms with Crippen LogP contribution in [-0.2, 0) is 0 Å². The summed E-state index contributed by atoms with van der Waals surface area (Å²) < 4.78 is 0.966. The average molecular weight is 396 g/mol. The second-order valence-corrected chi connectivity index (χ2v) is 6.50. The molecule has 5 heteroatoms. The standard InChI is InChI=1S/C20H18BrN3O/c1-14(15-7-3-2-4-8-15)23-20(25)19-12-11-16(13-22-19)24-18-10-6-5-9-17(18)21/h2-14,24H,1H3,(H,23,25). The molecule has 0 saturated carbocycles. The Balaban J connectivity index is 1.65. The molecule has 0 bridgehead atoms. The molecule has 0 saturated heterocycles. The highest BCUT2D eigenvalue weighted by molar-refractivity contribution is 9.10. The van der Waals surface area contributed by atoms with Crippen LogP contribution in [0.15, 0.2) is 77.4 Å². The summed E-state index contributed by atoms with van der Waals surface area (Å²) in [6, 6.07) is 21.2. The molecule has 3 rings (SSSR count). The third-order valence-corrected chi connectivity index (χ3v) is 4.49. The van der Waals surface area contributed by atoms with E-state index in [9.17, 15) is 4.79 Å². The first-order valence-corrected chi connectivity index (χ1v) is 8.76. The molecule has 0 radical (unpaired) electrons. The molecule has 0 aliphatic heterocycles. The summed E-state index contributed by atoms with van der Waals surface area (Å²) in [5, 5.41) is 6.23. The van der Waals surface area contributed by atoms with Gasteiger partial charge < -0.3 is 10.6 Å². The number of nitrogens with one attached hydrogen (secondary N) is 2. The summed E-state index contributed by atoms with van der Waals surface area (Å²) in [4.78, 5) is 16.6. The largest absolute Gasteiger partial charge is 0.353 e. The number of halogens is 1. The molecule has 1 aromatic heterocycles. The zero-order chi connectivity index (χ0) is 17.6. The summed E-state index contributed by atoms with van der Waals surface area (Å²) >= 11 is 3.49. The highest BCUT2D eigenvalue weighted by atomic mass is 79.9. The van der Waals surface area contributed by atoms with Gasteiger partial charge >= 0.3 is 0 Å². The van der Waals surface area contributed by atoms with Crippen LogP contribution in [0.4, 0.5) is 11.4 Å². The average Bonchev–Trinajstić information content (AvgIpc) is 2.65. The second-order valence-electron chi connectivity index (χ2n) is 5.64. The number of pyridine rings is 1. The molecule has 126 valence electrons. The summed E-state index contributed by atoms with van der Waals surface area (Å²) in [6.45, 7) is 1.95. The highest BCUT2D eigenvalue weighted by Crippen LogP contribution is 2.25. The van der Waals surface area contributed by atoms with Gasteiger partial charge in [-0.3, -0.25) is 4.79 Å². The minimum Gasteiger partial charge on any atom is -0.353 e. The maximum atomic E-state index is 12.4. The van der Waals surface area contributed by atoms with E-state index in [0.717, 1.165) is 21.4 Å². The Hall–Kier alpha value is -2.66. The molecule has 1 heterocycles. The lowest BCUT2D eigenvalue weighted by atomic mass is 10.1. The lowest BCUT2D eigenvalue weighted by Gasteiger charge is -2.14. The van der Waals surface area contributed by atoms with Gasteiger partial charge in [0.05, 0.1) is 23.6 Å². The maximum absolute atomic E-state index is 12.4. The van der Waals surface area contributed by atoms with E-state index in [1.54, 1.807) is 12.3 Å². The summed E-state index contributed by atoms with van der Waals surface area (Å²) in [5.41, 5.74) is 3.21. The van der Waals surface area contributed by atoms with Crippen LogP contribution in [0.3, 0.4) is 0 Å². The van der Waals surface area contributed by atoms with E-state index in [1.807, 2.05) is 67.6 Å². The first-order chi connectivity index (χ1) is 12.1. The van der Waals surface area contributed by atoms with Crippen LogP contribution in [0.5, 0.6) is 0 Å². The molecule has 1 amide bonds. The minimum atomic E-state index is -0.191. The number of nitrogens with zero attached hydrogens (tertiary/aromatic N) is 1. The van der Waals surface area contributed by atoms with Crippen LogP contribution < -0.4 is 10.6 Å². The molecule has 1 atom stereocenters. The monoisotopic (exact) mass is 395 g/mol. The van der Waals surface area contributed by atoms with Gasteiger partial charge in [-0.15, -0.1) is 0 Å². The van der Waals surface area contributed by atoms with Crippen LogP contribution in [0.1, 0.15) is 29.0 Å². The van der Waals surface area contributed by atoms with Gasteiger partial charge in [-0.1, -0.05) is 42.5 Å². The van der Waals surface area contributed by atoms with Crippen LogP contribution in [0.25, 0.3) is 0 Å². The van der Waals surface area contributed by atoms with Crippen LogP contribution in [-0.4, -0.2) is 10.9 Å². The SMILES string of the molecule is CC(NC(=O)c1ccc(Nc2ccccc2Br)cn1)c1ccccc1. The van der Waals surface area contributed by atoms with Crippen molar-refractivity contribution >= 4 is 33.2 Å². The molecule has 0 aliphatic carbocycles. The molecule has 1 unspecified atom stereocenters. The fourth-order valence-electron chi connectivity index (χ4n) is 2.42. The number of hydrogen-bond donors (Lipinski definition) is 2. The van der Waals surface area contributed by atoms with Crippen molar-refractivity contribution in [3.05, 3.63) is 88.7 Å². The van der Waals surface area contributed by atoms with Gasteiger partial charge in [0, 0.05) is 4.47 Å². The maximum Gasteiger partial charge on any atom is 0.270 e. The Kier molecular flexibility index (Phi) is 5.46. The van der Waals surface area contributed by atoms with Gasteiger partial charge in [0.1, 0.15) is 5.69 Å². The number of amides is 1. The topological polar surface area (TPSA) is 54.0 Å². The summed E-state index contributed by atoms with van der Waals surface area (Å²) in [6.07, 6.45) is 1.65. The lowest BCUT2D eigenvalue weighted by Crippen LogP contribution is -2.27. The third kappa shape index (κ3) is 4.45. The highest BCUT2D eigenvalue weighted by Gasteiger charge is 2.12. The summed E-state index contributed by atoms with van der Waals surface area (Å²) in [5.74, 6) is -0.191. The van der Waals surface area contributed by atoms with Crippen LogP contribution in [0.2, 0.25) is 0 Å². The zero-order valence-electron chi connectivity index (χ0n) is 13.7. The van der Waals surface area contributed by atoms with E-state index in [0.29, 0.717) is 5.69 Å². The first kappa shape index (κ1) is 17.2. The van der Waals surface area contributed by atoms with Crippen molar-refractivity contribution in [2.75, 3.05) is 5.32 Å². The van der Waals surface area contributed by atoms with Gasteiger partial charge in [-0.05, 0) is 52.7 Å². The number of hydrogen-bond acceptors (Lipinski definition) is 3. The van der Waals surface area contributed by atoms with E-state index in [4.69, 9.17) is 0 Å². The fraction of sp³-hybridized carbons (Fsp3) is 0.100. The van der Waals surface area contributed by atoms with Gasteiger partial charge in [-0.2, -0.15) is 0 Å². The van der Waals surface area contributed by atoms with Crippen LogP contribution in [0, 0.1) is 0 Å². The number of aromatic nitrogens is 1. The van der Waals surface area contributed by atoms with E-state index in [1.165, 1.54) is 0 Å². The predicted octanol–water partition coefficient (Wildman–Crippen LogP) is 5.08. The number of carbonyl (C=O) groups is 1. The summed E-state index contributed by atoms with van der Waals surface area (Å²) in [7, 11) is 0. The first-order valence-electron chi connectivity index (χ1n) is 7.97.